The normalized spacial score (nSPS) is 18.9. The molecule has 0 amide bonds. The lowest BCUT2D eigenvalue weighted by Crippen LogP contribution is -2.38. The van der Waals surface area contributed by atoms with Crippen LogP contribution < -0.4 is 10.5 Å². The minimum absolute atomic E-state index is 0.303. The van der Waals surface area contributed by atoms with E-state index in [2.05, 4.69) is 11.8 Å². The Kier molecular flexibility index (Phi) is 3.86. The zero-order valence-electron chi connectivity index (χ0n) is 10.5. The average Bonchev–Trinajstić information content (AvgIpc) is 2.39. The van der Waals surface area contributed by atoms with Crippen LogP contribution in [0.15, 0.2) is 18.2 Å². The Morgan fingerprint density at radius 1 is 1.35 bits per heavy atom. The van der Waals surface area contributed by atoms with Gasteiger partial charge in [0, 0.05) is 30.4 Å². The van der Waals surface area contributed by atoms with Gasteiger partial charge < -0.3 is 15.2 Å². The Morgan fingerprint density at radius 2 is 2.06 bits per heavy atom. The van der Waals surface area contributed by atoms with E-state index in [1.165, 1.54) is 0 Å². The highest BCUT2D eigenvalue weighted by molar-refractivity contribution is 5.49. The van der Waals surface area contributed by atoms with Crippen LogP contribution in [0.2, 0.25) is 0 Å². The molecule has 2 rings (SSSR count). The van der Waals surface area contributed by atoms with Crippen LogP contribution in [-0.4, -0.2) is 38.3 Å². The van der Waals surface area contributed by atoms with Gasteiger partial charge in [0.15, 0.2) is 0 Å². The van der Waals surface area contributed by atoms with Gasteiger partial charge in [-0.15, -0.1) is 0 Å². The highest BCUT2D eigenvalue weighted by atomic mass is 16.5. The van der Waals surface area contributed by atoms with Crippen molar-refractivity contribution in [3.8, 4) is 5.75 Å². The van der Waals surface area contributed by atoms with Crippen molar-refractivity contribution in [1.82, 2.24) is 4.90 Å². The molecule has 0 radical (unpaired) electrons. The van der Waals surface area contributed by atoms with Crippen molar-refractivity contribution in [1.29, 1.82) is 0 Å². The number of anilines is 1. The number of nitrogens with two attached hydrogens (primary N) is 1. The molecule has 1 unspecified atom stereocenters. The lowest BCUT2D eigenvalue weighted by molar-refractivity contribution is 0.0194. The van der Waals surface area contributed by atoms with Crippen LogP contribution in [0.1, 0.15) is 18.5 Å². The third-order valence-corrected chi connectivity index (χ3v) is 3.30. The summed E-state index contributed by atoms with van der Waals surface area (Å²) in [5.41, 5.74) is 7.78. The summed E-state index contributed by atoms with van der Waals surface area (Å²) in [6.07, 6.45) is 0. The predicted molar refractivity (Wildman–Crippen MR) is 68.2 cm³/mol. The molecule has 1 fully saturated rings. The van der Waals surface area contributed by atoms with E-state index in [1.54, 1.807) is 7.11 Å². The number of methoxy groups -OCH3 is 1. The lowest BCUT2D eigenvalue weighted by atomic mass is 10.0. The van der Waals surface area contributed by atoms with E-state index in [4.69, 9.17) is 15.2 Å². The Labute approximate surface area is 102 Å². The SMILES string of the molecule is COc1ccc(N)cc1C(C)N1CCOCC1. The summed E-state index contributed by atoms with van der Waals surface area (Å²) in [5, 5.41) is 0. The van der Waals surface area contributed by atoms with E-state index in [-0.39, 0.29) is 0 Å². The van der Waals surface area contributed by atoms with Crippen LogP contribution in [0.4, 0.5) is 5.69 Å². The minimum atomic E-state index is 0.303. The van der Waals surface area contributed by atoms with Gasteiger partial charge in [0.1, 0.15) is 5.75 Å². The Hall–Kier alpha value is -1.26. The van der Waals surface area contributed by atoms with Crippen molar-refractivity contribution < 1.29 is 9.47 Å². The second kappa shape index (κ2) is 5.38. The molecule has 0 aromatic heterocycles. The Bertz CT molecular complexity index is 376. The lowest BCUT2D eigenvalue weighted by Gasteiger charge is -2.33. The average molecular weight is 236 g/mol. The predicted octanol–water partition coefficient (Wildman–Crippen LogP) is 1.67. The van der Waals surface area contributed by atoms with E-state index in [0.29, 0.717) is 6.04 Å². The molecular weight excluding hydrogens is 216 g/mol. The molecule has 4 nitrogen and oxygen atoms in total. The minimum Gasteiger partial charge on any atom is -0.496 e. The Balaban J connectivity index is 2.21. The van der Waals surface area contributed by atoms with Gasteiger partial charge in [-0.25, -0.2) is 0 Å². The van der Waals surface area contributed by atoms with Gasteiger partial charge in [-0.2, -0.15) is 0 Å². The van der Waals surface area contributed by atoms with Gasteiger partial charge in [-0.3, -0.25) is 4.90 Å². The molecule has 0 bridgehead atoms. The van der Waals surface area contributed by atoms with Crippen molar-refractivity contribution in [3.63, 3.8) is 0 Å². The summed E-state index contributed by atoms with van der Waals surface area (Å²) in [6, 6.07) is 6.10. The molecule has 17 heavy (non-hydrogen) atoms. The third kappa shape index (κ3) is 2.70. The fourth-order valence-corrected chi connectivity index (χ4v) is 2.24. The first-order chi connectivity index (χ1) is 8.22. The van der Waals surface area contributed by atoms with Crippen LogP contribution in [-0.2, 0) is 4.74 Å². The van der Waals surface area contributed by atoms with Crippen molar-refractivity contribution in [2.45, 2.75) is 13.0 Å². The Morgan fingerprint density at radius 3 is 2.71 bits per heavy atom. The first kappa shape index (κ1) is 12.2. The second-order valence-electron chi connectivity index (χ2n) is 4.33. The maximum atomic E-state index is 5.85. The number of rotatable bonds is 3. The number of nitrogen functional groups attached to an aromatic ring is 1. The first-order valence-corrected chi connectivity index (χ1v) is 5.97. The summed E-state index contributed by atoms with van der Waals surface area (Å²) < 4.78 is 10.8. The zero-order chi connectivity index (χ0) is 12.3. The van der Waals surface area contributed by atoms with Crippen molar-refractivity contribution in [2.24, 2.45) is 0 Å². The number of ether oxygens (including phenoxy) is 2. The summed E-state index contributed by atoms with van der Waals surface area (Å²) in [4.78, 5) is 2.39. The molecule has 1 aliphatic rings. The monoisotopic (exact) mass is 236 g/mol. The zero-order valence-corrected chi connectivity index (χ0v) is 10.5. The van der Waals surface area contributed by atoms with E-state index in [1.807, 2.05) is 18.2 Å². The first-order valence-electron chi connectivity index (χ1n) is 5.97. The maximum absolute atomic E-state index is 5.85. The van der Waals surface area contributed by atoms with Crippen LogP contribution in [0, 0.1) is 0 Å². The van der Waals surface area contributed by atoms with Gasteiger partial charge in [-0.05, 0) is 25.1 Å². The van der Waals surface area contributed by atoms with E-state index in [0.717, 1.165) is 43.3 Å². The summed E-state index contributed by atoms with van der Waals surface area (Å²) in [6.45, 7) is 5.70. The third-order valence-electron chi connectivity index (χ3n) is 3.30. The van der Waals surface area contributed by atoms with E-state index in [9.17, 15) is 0 Å². The van der Waals surface area contributed by atoms with Crippen molar-refractivity contribution in [2.75, 3.05) is 39.1 Å². The fourth-order valence-electron chi connectivity index (χ4n) is 2.24. The summed E-state index contributed by atoms with van der Waals surface area (Å²) in [5.74, 6) is 0.901. The smallest absolute Gasteiger partial charge is 0.123 e. The molecule has 1 heterocycles. The van der Waals surface area contributed by atoms with Crippen molar-refractivity contribution in [3.05, 3.63) is 23.8 Å². The van der Waals surface area contributed by atoms with Crippen LogP contribution in [0.5, 0.6) is 5.75 Å². The summed E-state index contributed by atoms with van der Waals surface area (Å²) in [7, 11) is 1.70. The van der Waals surface area contributed by atoms with Gasteiger partial charge in [0.25, 0.3) is 0 Å². The van der Waals surface area contributed by atoms with Crippen LogP contribution in [0.25, 0.3) is 0 Å². The molecule has 2 N–H and O–H groups in total. The molecule has 0 saturated carbocycles. The van der Waals surface area contributed by atoms with Gasteiger partial charge >= 0.3 is 0 Å². The molecule has 94 valence electrons. The number of benzene rings is 1. The van der Waals surface area contributed by atoms with Gasteiger partial charge in [0.05, 0.1) is 20.3 Å². The maximum Gasteiger partial charge on any atom is 0.123 e. The molecule has 1 saturated heterocycles. The van der Waals surface area contributed by atoms with E-state index < -0.39 is 0 Å². The van der Waals surface area contributed by atoms with Crippen LogP contribution >= 0.6 is 0 Å². The number of morpholine rings is 1. The standard InChI is InChI=1S/C13H20N2O2/c1-10(15-5-7-17-8-6-15)12-9-11(14)3-4-13(12)16-2/h3-4,9-10H,5-8,14H2,1-2H3. The molecule has 0 spiro atoms. The highest BCUT2D eigenvalue weighted by Crippen LogP contribution is 2.31. The number of hydrogen-bond donors (Lipinski definition) is 1. The number of hydrogen-bond acceptors (Lipinski definition) is 4. The van der Waals surface area contributed by atoms with Crippen molar-refractivity contribution >= 4 is 5.69 Å². The molecule has 1 aromatic carbocycles. The molecule has 1 atom stereocenters. The molecule has 4 heteroatoms. The molecule has 0 aliphatic carbocycles. The van der Waals surface area contributed by atoms with Gasteiger partial charge in [-0.1, -0.05) is 0 Å². The summed E-state index contributed by atoms with van der Waals surface area (Å²) >= 11 is 0. The quantitative estimate of drug-likeness (QED) is 0.811. The van der Waals surface area contributed by atoms with E-state index >= 15 is 0 Å². The molecule has 1 aromatic rings. The number of nitrogens with zero attached hydrogens (tertiary/aromatic N) is 1. The fraction of sp³-hybridized carbons (Fsp3) is 0.538. The second-order valence-corrected chi connectivity index (χ2v) is 4.33. The van der Waals surface area contributed by atoms with Crippen LogP contribution in [0.3, 0.4) is 0 Å². The molecular formula is C13H20N2O2. The topological polar surface area (TPSA) is 47.7 Å². The van der Waals surface area contributed by atoms with Gasteiger partial charge in [0.2, 0.25) is 0 Å². The highest BCUT2D eigenvalue weighted by Gasteiger charge is 2.21. The largest absolute Gasteiger partial charge is 0.496 e. The molecule has 1 aliphatic heterocycles.